The Kier molecular flexibility index (Phi) is 6.00. The number of carbonyl (C=O) groups excluding carboxylic acids is 1. The monoisotopic (exact) mass is 280 g/mol. The van der Waals surface area contributed by atoms with Crippen LogP contribution >= 0.6 is 0 Å². The van der Waals surface area contributed by atoms with Crippen LogP contribution in [0, 0.1) is 5.92 Å². The first-order valence-corrected chi connectivity index (χ1v) is 7.47. The lowest BCUT2D eigenvalue weighted by Crippen LogP contribution is -2.46. The molecule has 2 N–H and O–H groups in total. The quantitative estimate of drug-likeness (QED) is 0.614. The minimum Gasteiger partial charge on any atom is -0.466 e. The zero-order chi connectivity index (χ0) is 13.6. The highest BCUT2D eigenvalue weighted by atomic mass is 32.2. The molecule has 1 aliphatic heterocycles. The molecule has 0 atom stereocenters. The van der Waals surface area contributed by atoms with Gasteiger partial charge in [-0.3, -0.25) is 4.79 Å². The molecule has 0 aromatic rings. The number of hydrogen-bond acceptors (Lipinski definition) is 5. The van der Waals surface area contributed by atoms with Crippen molar-refractivity contribution in [2.75, 3.05) is 32.8 Å². The number of piperidine rings is 1. The highest BCUT2D eigenvalue weighted by Crippen LogP contribution is 2.20. The Hall–Kier alpha value is -0.700. The molecule has 106 valence electrons. The number of carbonyl (C=O) groups is 1. The number of hydrogen-bond donors (Lipinski definition) is 2. The van der Waals surface area contributed by atoms with Gasteiger partial charge in [0.05, 0.1) is 19.1 Å². The average Bonchev–Trinajstić information content (AvgIpc) is 2.37. The number of nitrogens with zero attached hydrogens (tertiary/aromatic N) is 1. The maximum Gasteiger partial charge on any atom is 0.309 e. The van der Waals surface area contributed by atoms with Gasteiger partial charge in [0.1, 0.15) is 0 Å². The summed E-state index contributed by atoms with van der Waals surface area (Å²) in [5.74, 6) is -0.466. The van der Waals surface area contributed by atoms with Crippen molar-refractivity contribution in [2.45, 2.75) is 19.8 Å². The van der Waals surface area contributed by atoms with E-state index >= 15 is 0 Å². The van der Waals surface area contributed by atoms with E-state index in [1.54, 1.807) is 6.92 Å². The molecule has 1 aliphatic rings. The van der Waals surface area contributed by atoms with Crippen molar-refractivity contribution in [1.29, 1.82) is 0 Å². The standard InChI is InChI=1S/C10H20N2O5S/c1-2-17-10(14)9-3-6-12(7-4-9)18(15,16)11-5-8-13/h9,11,13H,2-8H2,1H3. The van der Waals surface area contributed by atoms with E-state index in [-0.39, 0.29) is 25.0 Å². The third-order valence-electron chi connectivity index (χ3n) is 2.81. The topological polar surface area (TPSA) is 95.9 Å². The Morgan fingerprint density at radius 3 is 2.56 bits per heavy atom. The molecule has 18 heavy (non-hydrogen) atoms. The van der Waals surface area contributed by atoms with Gasteiger partial charge in [-0.25, -0.2) is 0 Å². The maximum atomic E-state index is 11.7. The first kappa shape index (κ1) is 15.4. The Morgan fingerprint density at radius 2 is 2.06 bits per heavy atom. The third-order valence-corrected chi connectivity index (χ3v) is 4.42. The number of aliphatic hydroxyl groups is 1. The molecule has 0 aromatic heterocycles. The van der Waals surface area contributed by atoms with Gasteiger partial charge in [0.15, 0.2) is 0 Å². The van der Waals surface area contributed by atoms with Crippen molar-refractivity contribution in [1.82, 2.24) is 9.03 Å². The zero-order valence-electron chi connectivity index (χ0n) is 10.5. The molecule has 0 unspecified atom stereocenters. The van der Waals surface area contributed by atoms with E-state index in [4.69, 9.17) is 9.84 Å². The second-order valence-corrected chi connectivity index (χ2v) is 5.80. The second kappa shape index (κ2) is 7.03. The van der Waals surface area contributed by atoms with E-state index in [1.807, 2.05) is 0 Å². The highest BCUT2D eigenvalue weighted by molar-refractivity contribution is 7.87. The van der Waals surface area contributed by atoms with Crippen LogP contribution in [0.25, 0.3) is 0 Å². The Morgan fingerprint density at radius 1 is 1.44 bits per heavy atom. The number of rotatable bonds is 6. The summed E-state index contributed by atoms with van der Waals surface area (Å²) in [5, 5.41) is 8.60. The van der Waals surface area contributed by atoms with E-state index in [0.717, 1.165) is 0 Å². The fraction of sp³-hybridized carbons (Fsp3) is 0.900. The predicted molar refractivity (Wildman–Crippen MR) is 64.9 cm³/mol. The predicted octanol–water partition coefficient (Wildman–Crippen LogP) is -0.912. The van der Waals surface area contributed by atoms with Crippen LogP contribution in [0.15, 0.2) is 0 Å². The molecule has 1 rings (SSSR count). The van der Waals surface area contributed by atoms with Crippen molar-refractivity contribution >= 4 is 16.2 Å². The molecule has 1 fully saturated rings. The maximum absolute atomic E-state index is 11.7. The van der Waals surface area contributed by atoms with Crippen LogP contribution in [0.3, 0.4) is 0 Å². The molecular formula is C10H20N2O5S. The van der Waals surface area contributed by atoms with Crippen molar-refractivity contribution in [3.63, 3.8) is 0 Å². The van der Waals surface area contributed by atoms with E-state index in [9.17, 15) is 13.2 Å². The highest BCUT2D eigenvalue weighted by Gasteiger charge is 2.31. The summed E-state index contributed by atoms with van der Waals surface area (Å²) < 4.78 is 31.9. The normalized spacial score (nSPS) is 18.8. The van der Waals surface area contributed by atoms with Crippen LogP contribution in [0.5, 0.6) is 0 Å². The second-order valence-electron chi connectivity index (χ2n) is 4.05. The summed E-state index contributed by atoms with van der Waals surface area (Å²) in [6.45, 7) is 2.44. The minimum atomic E-state index is -3.54. The smallest absolute Gasteiger partial charge is 0.309 e. The van der Waals surface area contributed by atoms with Crippen molar-refractivity contribution in [3.05, 3.63) is 0 Å². The lowest BCUT2D eigenvalue weighted by Gasteiger charge is -2.29. The number of aliphatic hydroxyl groups excluding tert-OH is 1. The van der Waals surface area contributed by atoms with Crippen LogP contribution < -0.4 is 4.72 Å². The molecule has 0 spiro atoms. The fourth-order valence-corrected chi connectivity index (χ4v) is 3.08. The van der Waals surface area contributed by atoms with E-state index in [0.29, 0.717) is 32.5 Å². The summed E-state index contributed by atoms with van der Waals surface area (Å²) in [6, 6.07) is 0. The molecule has 7 nitrogen and oxygen atoms in total. The van der Waals surface area contributed by atoms with Crippen LogP contribution in [0.4, 0.5) is 0 Å². The first-order chi connectivity index (χ1) is 8.51. The van der Waals surface area contributed by atoms with Gasteiger partial charge in [-0.15, -0.1) is 0 Å². The largest absolute Gasteiger partial charge is 0.466 e. The zero-order valence-corrected chi connectivity index (χ0v) is 11.3. The molecule has 0 amide bonds. The van der Waals surface area contributed by atoms with E-state index in [1.165, 1.54) is 4.31 Å². The molecule has 1 heterocycles. The minimum absolute atomic E-state index is 0.000137. The van der Waals surface area contributed by atoms with Gasteiger partial charge in [-0.2, -0.15) is 17.4 Å². The summed E-state index contributed by atoms with van der Waals surface area (Å²) in [7, 11) is -3.54. The molecule has 0 aliphatic carbocycles. The molecular weight excluding hydrogens is 260 g/mol. The Balaban J connectivity index is 2.46. The molecule has 0 saturated carbocycles. The summed E-state index contributed by atoms with van der Waals surface area (Å²) in [5.41, 5.74) is 0. The Bertz CT molecular complexity index is 362. The van der Waals surface area contributed by atoms with Gasteiger partial charge in [0.2, 0.25) is 0 Å². The number of esters is 1. The van der Waals surface area contributed by atoms with E-state index < -0.39 is 10.2 Å². The number of ether oxygens (including phenoxy) is 1. The van der Waals surface area contributed by atoms with Gasteiger partial charge in [0, 0.05) is 19.6 Å². The van der Waals surface area contributed by atoms with Gasteiger partial charge < -0.3 is 9.84 Å². The van der Waals surface area contributed by atoms with Crippen LogP contribution in [-0.2, 0) is 19.7 Å². The SMILES string of the molecule is CCOC(=O)C1CCN(S(=O)(=O)NCCO)CC1. The third kappa shape index (κ3) is 4.20. The Labute approximate surface area is 107 Å². The van der Waals surface area contributed by atoms with Crippen LogP contribution in [0.1, 0.15) is 19.8 Å². The molecule has 0 aromatic carbocycles. The van der Waals surface area contributed by atoms with Gasteiger partial charge in [0.25, 0.3) is 10.2 Å². The fourth-order valence-electron chi connectivity index (χ4n) is 1.86. The van der Waals surface area contributed by atoms with Crippen LogP contribution in [-0.4, -0.2) is 56.6 Å². The van der Waals surface area contributed by atoms with Crippen molar-refractivity contribution in [3.8, 4) is 0 Å². The average molecular weight is 280 g/mol. The van der Waals surface area contributed by atoms with Gasteiger partial charge in [-0.05, 0) is 19.8 Å². The first-order valence-electron chi connectivity index (χ1n) is 6.03. The molecule has 8 heteroatoms. The van der Waals surface area contributed by atoms with Crippen molar-refractivity contribution < 1.29 is 23.1 Å². The van der Waals surface area contributed by atoms with Gasteiger partial charge in [-0.1, -0.05) is 0 Å². The molecule has 0 bridgehead atoms. The van der Waals surface area contributed by atoms with Crippen LogP contribution in [0.2, 0.25) is 0 Å². The summed E-state index contributed by atoms with van der Waals surface area (Å²) in [4.78, 5) is 11.5. The molecule has 1 saturated heterocycles. The molecule has 0 radical (unpaired) electrons. The summed E-state index contributed by atoms with van der Waals surface area (Å²) in [6.07, 6.45) is 0.942. The van der Waals surface area contributed by atoms with Crippen molar-refractivity contribution in [2.24, 2.45) is 5.92 Å². The lowest BCUT2D eigenvalue weighted by molar-refractivity contribution is -0.149. The summed E-state index contributed by atoms with van der Waals surface area (Å²) >= 11 is 0. The van der Waals surface area contributed by atoms with E-state index in [2.05, 4.69) is 4.72 Å². The lowest BCUT2D eigenvalue weighted by atomic mass is 9.98. The number of nitrogens with one attached hydrogen (secondary N) is 1. The van der Waals surface area contributed by atoms with Gasteiger partial charge >= 0.3 is 5.97 Å².